The predicted octanol–water partition coefficient (Wildman–Crippen LogP) is 2.81. The fraction of sp³-hybridized carbons (Fsp3) is 0.600. The van der Waals surface area contributed by atoms with E-state index in [9.17, 15) is 4.39 Å². The van der Waals surface area contributed by atoms with Gasteiger partial charge in [-0.05, 0) is 20.0 Å². The first kappa shape index (κ1) is 12.9. The van der Waals surface area contributed by atoms with Gasteiger partial charge >= 0.3 is 0 Å². The lowest BCUT2D eigenvalue weighted by Crippen LogP contribution is -2.56. The zero-order valence-electron chi connectivity index (χ0n) is 11.4. The molecule has 3 rings (SSSR count). The van der Waals surface area contributed by atoms with Crippen molar-refractivity contribution in [2.24, 2.45) is 0 Å². The molecule has 104 valence electrons. The fourth-order valence-corrected chi connectivity index (χ4v) is 3.27. The highest BCUT2D eigenvalue weighted by Gasteiger charge is 2.51. The van der Waals surface area contributed by atoms with Crippen LogP contribution in [0.25, 0.3) is 0 Å². The molecule has 3 nitrogen and oxygen atoms in total. The number of halogens is 1. The Labute approximate surface area is 113 Å². The minimum Gasteiger partial charge on any atom is -0.487 e. The second-order valence-corrected chi connectivity index (χ2v) is 5.50. The molecule has 0 saturated heterocycles. The molecule has 1 aliphatic carbocycles. The smallest absolute Gasteiger partial charge is 0.127 e. The minimum absolute atomic E-state index is 0.172. The zero-order valence-corrected chi connectivity index (χ0v) is 11.4. The van der Waals surface area contributed by atoms with Crippen LogP contribution in [0.5, 0.6) is 5.75 Å². The van der Waals surface area contributed by atoms with Crippen molar-refractivity contribution in [1.29, 1.82) is 0 Å². The Morgan fingerprint density at radius 3 is 2.89 bits per heavy atom. The molecule has 1 N–H and O–H groups in total. The van der Waals surface area contributed by atoms with Gasteiger partial charge in [-0.3, -0.25) is 0 Å². The van der Waals surface area contributed by atoms with Crippen LogP contribution in [0.4, 0.5) is 4.39 Å². The molecule has 1 aromatic carbocycles. The van der Waals surface area contributed by atoms with E-state index in [4.69, 9.17) is 9.47 Å². The third-order valence-electron chi connectivity index (χ3n) is 4.20. The fourth-order valence-electron chi connectivity index (χ4n) is 3.27. The van der Waals surface area contributed by atoms with Gasteiger partial charge in [-0.2, -0.15) is 0 Å². The second kappa shape index (κ2) is 4.76. The molecule has 1 saturated carbocycles. The van der Waals surface area contributed by atoms with Crippen LogP contribution >= 0.6 is 0 Å². The molecule has 19 heavy (non-hydrogen) atoms. The van der Waals surface area contributed by atoms with E-state index in [1.54, 1.807) is 0 Å². The van der Waals surface area contributed by atoms with Gasteiger partial charge in [-0.15, -0.1) is 0 Å². The summed E-state index contributed by atoms with van der Waals surface area (Å²) in [7, 11) is 1.94. The van der Waals surface area contributed by atoms with Crippen LogP contribution < -0.4 is 10.1 Å². The number of benzene rings is 1. The summed E-state index contributed by atoms with van der Waals surface area (Å²) in [6.45, 7) is 2.75. The van der Waals surface area contributed by atoms with Crippen LogP contribution in [0.15, 0.2) is 18.2 Å². The van der Waals surface area contributed by atoms with Crippen molar-refractivity contribution < 1.29 is 13.9 Å². The summed E-state index contributed by atoms with van der Waals surface area (Å²) in [5.74, 6) is 0.437. The standard InChI is InChI=1S/C15H20FNO2/c1-3-18-11-7-15(8-11)9-13(17-2)12-5-4-10(16)6-14(12)19-15/h4-6,11,13,17H,3,7-9H2,1-2H3. The SMILES string of the molecule is CCOC1CC2(C1)CC(NC)c1ccc(F)cc1O2. The Morgan fingerprint density at radius 1 is 1.42 bits per heavy atom. The van der Waals surface area contributed by atoms with Crippen molar-refractivity contribution in [3.8, 4) is 5.75 Å². The molecule has 1 heterocycles. The Morgan fingerprint density at radius 2 is 2.21 bits per heavy atom. The van der Waals surface area contributed by atoms with Gasteiger partial charge in [0.05, 0.1) is 6.10 Å². The van der Waals surface area contributed by atoms with Crippen LogP contribution in [0.1, 0.15) is 37.8 Å². The molecule has 4 heteroatoms. The molecule has 2 aliphatic rings. The summed E-state index contributed by atoms with van der Waals surface area (Å²) in [5.41, 5.74) is 0.878. The minimum atomic E-state index is -0.244. The Hall–Kier alpha value is -1.13. The van der Waals surface area contributed by atoms with Crippen molar-refractivity contribution >= 4 is 0 Å². The molecule has 1 aromatic rings. The molecular formula is C15H20FNO2. The highest BCUT2D eigenvalue weighted by atomic mass is 19.1. The highest BCUT2D eigenvalue weighted by Crippen LogP contribution is 2.49. The summed E-state index contributed by atoms with van der Waals surface area (Å²) < 4.78 is 25.1. The quantitative estimate of drug-likeness (QED) is 0.911. The van der Waals surface area contributed by atoms with E-state index < -0.39 is 0 Å². The van der Waals surface area contributed by atoms with Gasteiger partial charge in [-0.1, -0.05) is 6.07 Å². The Balaban J connectivity index is 1.82. The molecule has 1 spiro atoms. The molecule has 1 fully saturated rings. The van der Waals surface area contributed by atoms with E-state index in [0.29, 0.717) is 5.75 Å². The summed E-state index contributed by atoms with van der Waals surface area (Å²) in [6, 6.07) is 5.03. The monoisotopic (exact) mass is 265 g/mol. The zero-order chi connectivity index (χ0) is 13.5. The van der Waals surface area contributed by atoms with E-state index in [1.807, 2.05) is 20.0 Å². The summed E-state index contributed by atoms with van der Waals surface area (Å²) in [5, 5.41) is 3.31. The van der Waals surface area contributed by atoms with Crippen molar-refractivity contribution in [1.82, 2.24) is 5.32 Å². The van der Waals surface area contributed by atoms with Crippen LogP contribution in [-0.4, -0.2) is 25.4 Å². The summed E-state index contributed by atoms with van der Waals surface area (Å²) in [4.78, 5) is 0. The second-order valence-electron chi connectivity index (χ2n) is 5.50. The number of fused-ring (bicyclic) bond motifs is 1. The average molecular weight is 265 g/mol. The summed E-state index contributed by atoms with van der Waals surface area (Å²) >= 11 is 0. The highest BCUT2D eigenvalue weighted by molar-refractivity contribution is 5.40. The maximum atomic E-state index is 13.4. The lowest BCUT2D eigenvalue weighted by atomic mass is 9.71. The maximum Gasteiger partial charge on any atom is 0.127 e. The van der Waals surface area contributed by atoms with Crippen LogP contribution in [-0.2, 0) is 4.74 Å². The lowest BCUT2D eigenvalue weighted by Gasteiger charge is -2.51. The van der Waals surface area contributed by atoms with Gasteiger partial charge in [-0.25, -0.2) is 4.39 Å². The number of hydrogen-bond acceptors (Lipinski definition) is 3. The topological polar surface area (TPSA) is 30.5 Å². The van der Waals surface area contributed by atoms with Gasteiger partial charge in [0.15, 0.2) is 0 Å². The van der Waals surface area contributed by atoms with E-state index in [1.165, 1.54) is 12.1 Å². The lowest BCUT2D eigenvalue weighted by molar-refractivity contribution is -0.135. The van der Waals surface area contributed by atoms with Crippen LogP contribution in [0.2, 0.25) is 0 Å². The number of nitrogens with one attached hydrogen (secondary N) is 1. The van der Waals surface area contributed by atoms with Gasteiger partial charge in [0.1, 0.15) is 17.2 Å². The maximum absolute atomic E-state index is 13.4. The largest absolute Gasteiger partial charge is 0.487 e. The van der Waals surface area contributed by atoms with Crippen LogP contribution in [0.3, 0.4) is 0 Å². The normalized spacial score (nSPS) is 32.6. The van der Waals surface area contributed by atoms with E-state index >= 15 is 0 Å². The molecule has 0 aromatic heterocycles. The first-order valence-electron chi connectivity index (χ1n) is 6.93. The van der Waals surface area contributed by atoms with Crippen molar-refractivity contribution in [2.45, 2.75) is 43.9 Å². The summed E-state index contributed by atoms with van der Waals surface area (Å²) in [6.07, 6.45) is 3.01. The Kier molecular flexibility index (Phi) is 3.23. The van der Waals surface area contributed by atoms with Crippen molar-refractivity contribution in [3.05, 3.63) is 29.6 Å². The average Bonchev–Trinajstić information content (AvgIpc) is 2.35. The van der Waals surface area contributed by atoms with Crippen LogP contribution in [0, 0.1) is 5.82 Å². The first-order chi connectivity index (χ1) is 9.15. The molecule has 1 atom stereocenters. The molecule has 0 radical (unpaired) electrons. The number of ether oxygens (including phenoxy) is 2. The van der Waals surface area contributed by atoms with Crippen molar-refractivity contribution in [2.75, 3.05) is 13.7 Å². The van der Waals surface area contributed by atoms with E-state index in [2.05, 4.69) is 5.32 Å². The molecule has 0 bridgehead atoms. The molecule has 0 amide bonds. The number of rotatable bonds is 3. The van der Waals surface area contributed by atoms with Gasteiger partial charge in [0.25, 0.3) is 0 Å². The van der Waals surface area contributed by atoms with E-state index in [-0.39, 0.29) is 23.6 Å². The third kappa shape index (κ3) is 2.23. The Bertz CT molecular complexity index is 471. The van der Waals surface area contributed by atoms with Gasteiger partial charge < -0.3 is 14.8 Å². The predicted molar refractivity (Wildman–Crippen MR) is 70.8 cm³/mol. The third-order valence-corrected chi connectivity index (χ3v) is 4.20. The van der Waals surface area contributed by atoms with E-state index in [0.717, 1.165) is 31.4 Å². The van der Waals surface area contributed by atoms with Gasteiger partial charge in [0.2, 0.25) is 0 Å². The molecular weight excluding hydrogens is 245 g/mol. The van der Waals surface area contributed by atoms with Gasteiger partial charge in [0, 0.05) is 43.5 Å². The molecule has 1 unspecified atom stereocenters. The number of hydrogen-bond donors (Lipinski definition) is 1. The first-order valence-corrected chi connectivity index (χ1v) is 6.93. The molecule has 1 aliphatic heterocycles. The van der Waals surface area contributed by atoms with Crippen molar-refractivity contribution in [3.63, 3.8) is 0 Å².